The molecule has 23 heavy (non-hydrogen) atoms. The predicted octanol–water partition coefficient (Wildman–Crippen LogP) is 2.53. The first-order valence-electron chi connectivity index (χ1n) is 7.47. The molecule has 0 heterocycles. The number of allylic oxidation sites excluding steroid dienone is 2. The van der Waals surface area contributed by atoms with E-state index >= 15 is 0 Å². The van der Waals surface area contributed by atoms with Gasteiger partial charge in [0.15, 0.2) is 0 Å². The van der Waals surface area contributed by atoms with Gasteiger partial charge in [-0.25, -0.2) is 0 Å². The standard InChI is InChI=1S/C18H24N2O3/c1-4-5-12-18(2,3)20-17(23)11-10-16(22)19-15-8-6-14(13-21)7-9-15/h4-9,12,21H,1,10-11,13H2,2-3H3,(H,19,22)(H,20,23)/b12-5+. The van der Waals surface area contributed by atoms with E-state index in [-0.39, 0.29) is 31.3 Å². The van der Waals surface area contributed by atoms with Crippen molar-refractivity contribution in [2.24, 2.45) is 0 Å². The molecule has 3 N–H and O–H groups in total. The van der Waals surface area contributed by atoms with Crippen molar-refractivity contribution in [2.45, 2.75) is 38.8 Å². The lowest BCUT2D eigenvalue weighted by Crippen LogP contribution is -2.41. The fourth-order valence-corrected chi connectivity index (χ4v) is 1.92. The van der Waals surface area contributed by atoms with E-state index in [0.717, 1.165) is 5.56 Å². The van der Waals surface area contributed by atoms with Crippen molar-refractivity contribution < 1.29 is 14.7 Å². The first-order valence-corrected chi connectivity index (χ1v) is 7.47. The number of amides is 2. The fourth-order valence-electron chi connectivity index (χ4n) is 1.92. The molecule has 0 saturated heterocycles. The van der Waals surface area contributed by atoms with Crippen LogP contribution in [0.2, 0.25) is 0 Å². The summed E-state index contributed by atoms with van der Waals surface area (Å²) in [5, 5.41) is 14.5. The number of nitrogens with one attached hydrogen (secondary N) is 2. The lowest BCUT2D eigenvalue weighted by molar-refractivity contribution is -0.125. The largest absolute Gasteiger partial charge is 0.392 e. The van der Waals surface area contributed by atoms with Crippen LogP contribution in [0.5, 0.6) is 0 Å². The summed E-state index contributed by atoms with van der Waals surface area (Å²) in [4.78, 5) is 23.7. The Morgan fingerprint density at radius 2 is 1.78 bits per heavy atom. The molecule has 0 aliphatic carbocycles. The van der Waals surface area contributed by atoms with E-state index in [2.05, 4.69) is 17.2 Å². The first kappa shape index (κ1) is 18.6. The maximum absolute atomic E-state index is 11.9. The summed E-state index contributed by atoms with van der Waals surface area (Å²) in [7, 11) is 0. The average molecular weight is 316 g/mol. The summed E-state index contributed by atoms with van der Waals surface area (Å²) in [6, 6.07) is 6.90. The molecule has 0 spiro atoms. The van der Waals surface area contributed by atoms with Crippen LogP contribution in [-0.4, -0.2) is 22.5 Å². The SMILES string of the molecule is C=C/C=C/C(C)(C)NC(=O)CCC(=O)Nc1ccc(CO)cc1. The fraction of sp³-hybridized carbons (Fsp3) is 0.333. The quantitative estimate of drug-likeness (QED) is 0.645. The molecule has 0 saturated carbocycles. The van der Waals surface area contributed by atoms with Gasteiger partial charge in [-0.15, -0.1) is 0 Å². The van der Waals surface area contributed by atoms with Gasteiger partial charge in [0.05, 0.1) is 12.1 Å². The number of hydrogen-bond acceptors (Lipinski definition) is 3. The van der Waals surface area contributed by atoms with E-state index in [4.69, 9.17) is 5.11 Å². The van der Waals surface area contributed by atoms with Crippen molar-refractivity contribution >= 4 is 17.5 Å². The Bertz CT molecular complexity index is 574. The van der Waals surface area contributed by atoms with Crippen molar-refractivity contribution in [1.29, 1.82) is 0 Å². The van der Waals surface area contributed by atoms with Crippen molar-refractivity contribution in [1.82, 2.24) is 5.32 Å². The maximum Gasteiger partial charge on any atom is 0.224 e. The normalized spacial score (nSPS) is 11.3. The van der Waals surface area contributed by atoms with Crippen LogP contribution in [-0.2, 0) is 16.2 Å². The molecule has 5 nitrogen and oxygen atoms in total. The molecule has 1 rings (SSSR count). The highest BCUT2D eigenvalue weighted by Crippen LogP contribution is 2.10. The van der Waals surface area contributed by atoms with Crippen LogP contribution >= 0.6 is 0 Å². The molecule has 0 bridgehead atoms. The van der Waals surface area contributed by atoms with Gasteiger partial charge in [-0.3, -0.25) is 9.59 Å². The van der Waals surface area contributed by atoms with Crippen LogP contribution in [0.15, 0.2) is 49.1 Å². The zero-order chi connectivity index (χ0) is 17.3. The second-order valence-electron chi connectivity index (χ2n) is 5.77. The first-order chi connectivity index (χ1) is 10.9. The molecule has 5 heteroatoms. The number of rotatable bonds is 8. The summed E-state index contributed by atoms with van der Waals surface area (Å²) in [6.45, 7) is 7.29. The van der Waals surface area contributed by atoms with Gasteiger partial charge in [-0.1, -0.05) is 36.9 Å². The van der Waals surface area contributed by atoms with E-state index in [9.17, 15) is 9.59 Å². The van der Waals surface area contributed by atoms with Crippen molar-refractivity contribution in [3.8, 4) is 0 Å². The summed E-state index contributed by atoms with van der Waals surface area (Å²) in [6.07, 6.45) is 5.47. The van der Waals surface area contributed by atoms with Crippen LogP contribution in [0.25, 0.3) is 0 Å². The van der Waals surface area contributed by atoms with Gasteiger partial charge in [0.25, 0.3) is 0 Å². The highest BCUT2D eigenvalue weighted by atomic mass is 16.3. The highest BCUT2D eigenvalue weighted by Gasteiger charge is 2.17. The molecule has 0 aliphatic rings. The molecule has 0 fully saturated rings. The van der Waals surface area contributed by atoms with Gasteiger partial charge in [0.2, 0.25) is 11.8 Å². The molecule has 1 aromatic carbocycles. The lowest BCUT2D eigenvalue weighted by atomic mass is 10.0. The van der Waals surface area contributed by atoms with Crippen LogP contribution in [0.3, 0.4) is 0 Å². The van der Waals surface area contributed by atoms with Gasteiger partial charge in [0, 0.05) is 18.5 Å². The van der Waals surface area contributed by atoms with Gasteiger partial charge in [-0.05, 0) is 31.5 Å². The highest BCUT2D eigenvalue weighted by molar-refractivity contribution is 5.93. The number of anilines is 1. The summed E-state index contributed by atoms with van der Waals surface area (Å²) >= 11 is 0. The van der Waals surface area contributed by atoms with E-state index < -0.39 is 5.54 Å². The maximum atomic E-state index is 11.9. The van der Waals surface area contributed by atoms with Crippen molar-refractivity contribution in [3.05, 3.63) is 54.6 Å². The van der Waals surface area contributed by atoms with Crippen LogP contribution in [0, 0.1) is 0 Å². The zero-order valence-electron chi connectivity index (χ0n) is 13.6. The predicted molar refractivity (Wildman–Crippen MR) is 91.8 cm³/mol. The third-order valence-electron chi connectivity index (χ3n) is 3.11. The Balaban J connectivity index is 2.41. The minimum absolute atomic E-state index is 0.0372. The van der Waals surface area contributed by atoms with E-state index in [0.29, 0.717) is 5.69 Å². The van der Waals surface area contributed by atoms with Gasteiger partial charge >= 0.3 is 0 Å². The van der Waals surface area contributed by atoms with E-state index in [1.807, 2.05) is 19.9 Å². The Hall–Kier alpha value is -2.40. The lowest BCUT2D eigenvalue weighted by Gasteiger charge is -2.22. The number of hydrogen-bond donors (Lipinski definition) is 3. The summed E-state index contributed by atoms with van der Waals surface area (Å²) in [5.41, 5.74) is 0.932. The molecule has 0 aliphatic heterocycles. The van der Waals surface area contributed by atoms with E-state index in [1.54, 1.807) is 36.4 Å². The van der Waals surface area contributed by atoms with Crippen molar-refractivity contribution in [2.75, 3.05) is 5.32 Å². The van der Waals surface area contributed by atoms with E-state index in [1.165, 1.54) is 0 Å². The molecule has 124 valence electrons. The second-order valence-corrected chi connectivity index (χ2v) is 5.77. The summed E-state index contributed by atoms with van der Waals surface area (Å²) in [5.74, 6) is -0.411. The van der Waals surface area contributed by atoms with Gasteiger partial charge < -0.3 is 15.7 Å². The van der Waals surface area contributed by atoms with Gasteiger partial charge in [0.1, 0.15) is 0 Å². The molecule has 0 unspecified atom stereocenters. The third kappa shape index (κ3) is 7.42. The van der Waals surface area contributed by atoms with Gasteiger partial charge in [-0.2, -0.15) is 0 Å². The molecule has 0 atom stereocenters. The Morgan fingerprint density at radius 1 is 1.17 bits per heavy atom. The third-order valence-corrected chi connectivity index (χ3v) is 3.11. The molecule has 2 amide bonds. The number of aliphatic hydroxyl groups is 1. The minimum atomic E-state index is -0.484. The molecule has 0 radical (unpaired) electrons. The Morgan fingerprint density at radius 3 is 2.35 bits per heavy atom. The minimum Gasteiger partial charge on any atom is -0.392 e. The topological polar surface area (TPSA) is 78.4 Å². The number of aliphatic hydroxyl groups excluding tert-OH is 1. The number of carbonyl (C=O) groups is 2. The summed E-state index contributed by atoms with van der Waals surface area (Å²) < 4.78 is 0. The number of benzene rings is 1. The molecular weight excluding hydrogens is 292 g/mol. The second kappa shape index (κ2) is 8.90. The van der Waals surface area contributed by atoms with Crippen molar-refractivity contribution in [3.63, 3.8) is 0 Å². The molecule has 1 aromatic rings. The molecular formula is C18H24N2O3. The Labute approximate surface area is 137 Å². The number of carbonyl (C=O) groups excluding carboxylic acids is 2. The smallest absolute Gasteiger partial charge is 0.224 e. The monoisotopic (exact) mass is 316 g/mol. The van der Waals surface area contributed by atoms with Crippen LogP contribution in [0.1, 0.15) is 32.3 Å². The van der Waals surface area contributed by atoms with Crippen LogP contribution < -0.4 is 10.6 Å². The Kier molecular flexibility index (Phi) is 7.22. The van der Waals surface area contributed by atoms with Crippen LogP contribution in [0.4, 0.5) is 5.69 Å². The average Bonchev–Trinajstić information content (AvgIpc) is 2.51. The zero-order valence-corrected chi connectivity index (χ0v) is 13.6. The molecule has 0 aromatic heterocycles.